The van der Waals surface area contributed by atoms with Gasteiger partial charge in [0.25, 0.3) is 0 Å². The Bertz CT molecular complexity index is 444. The SMILES string of the molecule is CS(=O)(=O)N1CCCN(Cc2cscn2)CC1. The first kappa shape index (κ1) is 12.9. The van der Waals surface area contributed by atoms with Crippen LogP contribution in [0, 0.1) is 0 Å². The van der Waals surface area contributed by atoms with Gasteiger partial charge in [-0.2, -0.15) is 0 Å². The molecule has 0 spiro atoms. The fraction of sp³-hybridized carbons (Fsp3) is 0.700. The average molecular weight is 275 g/mol. The fourth-order valence-corrected chi connectivity index (χ4v) is 3.41. The summed E-state index contributed by atoms with van der Waals surface area (Å²) in [5.41, 5.74) is 2.90. The predicted molar refractivity (Wildman–Crippen MR) is 68.4 cm³/mol. The van der Waals surface area contributed by atoms with Gasteiger partial charge in [0.05, 0.1) is 17.5 Å². The van der Waals surface area contributed by atoms with E-state index in [1.165, 1.54) is 6.26 Å². The van der Waals surface area contributed by atoms with Crippen molar-refractivity contribution >= 4 is 21.4 Å². The summed E-state index contributed by atoms with van der Waals surface area (Å²) >= 11 is 1.59. The molecule has 0 radical (unpaired) electrons. The van der Waals surface area contributed by atoms with Crippen LogP contribution in [0.5, 0.6) is 0 Å². The summed E-state index contributed by atoms with van der Waals surface area (Å²) in [6, 6.07) is 0. The molecule has 0 N–H and O–H groups in total. The number of thiazole rings is 1. The Hall–Kier alpha value is -0.500. The van der Waals surface area contributed by atoms with Crippen molar-refractivity contribution in [3.63, 3.8) is 0 Å². The maximum Gasteiger partial charge on any atom is 0.211 e. The molecule has 0 aliphatic carbocycles. The summed E-state index contributed by atoms with van der Waals surface area (Å²) < 4.78 is 24.5. The molecule has 1 saturated heterocycles. The van der Waals surface area contributed by atoms with Crippen molar-refractivity contribution in [3.8, 4) is 0 Å². The van der Waals surface area contributed by atoms with Crippen LogP contribution in [0.3, 0.4) is 0 Å². The van der Waals surface area contributed by atoms with Gasteiger partial charge in [-0.15, -0.1) is 11.3 Å². The van der Waals surface area contributed by atoms with Crippen molar-refractivity contribution in [2.24, 2.45) is 0 Å². The molecule has 0 unspecified atom stereocenters. The van der Waals surface area contributed by atoms with Gasteiger partial charge in [-0.25, -0.2) is 17.7 Å². The lowest BCUT2D eigenvalue weighted by molar-refractivity contribution is 0.276. The number of hydrogen-bond acceptors (Lipinski definition) is 5. The second-order valence-corrected chi connectivity index (χ2v) is 6.97. The van der Waals surface area contributed by atoms with Crippen molar-refractivity contribution in [2.75, 3.05) is 32.4 Å². The molecule has 0 bridgehead atoms. The minimum absolute atomic E-state index is 0.586. The van der Waals surface area contributed by atoms with E-state index in [-0.39, 0.29) is 0 Å². The van der Waals surface area contributed by atoms with Gasteiger partial charge in [0, 0.05) is 31.6 Å². The summed E-state index contributed by atoms with van der Waals surface area (Å²) in [5.74, 6) is 0. The van der Waals surface area contributed by atoms with Gasteiger partial charge in [0.2, 0.25) is 10.0 Å². The molecule has 0 aromatic carbocycles. The molecule has 1 aromatic heterocycles. The minimum atomic E-state index is -3.04. The van der Waals surface area contributed by atoms with Crippen LogP contribution in [-0.2, 0) is 16.6 Å². The van der Waals surface area contributed by atoms with Crippen molar-refractivity contribution in [1.29, 1.82) is 0 Å². The van der Waals surface area contributed by atoms with E-state index in [1.807, 2.05) is 10.9 Å². The maximum absolute atomic E-state index is 11.5. The van der Waals surface area contributed by atoms with Gasteiger partial charge < -0.3 is 0 Å². The van der Waals surface area contributed by atoms with Gasteiger partial charge in [-0.3, -0.25) is 4.90 Å². The third-order valence-electron chi connectivity index (χ3n) is 2.89. The average Bonchev–Trinajstić information content (AvgIpc) is 2.61. The van der Waals surface area contributed by atoms with Crippen LogP contribution >= 0.6 is 11.3 Å². The second-order valence-electron chi connectivity index (χ2n) is 4.27. The quantitative estimate of drug-likeness (QED) is 0.811. The highest BCUT2D eigenvalue weighted by molar-refractivity contribution is 7.88. The van der Waals surface area contributed by atoms with E-state index >= 15 is 0 Å². The number of aromatic nitrogens is 1. The van der Waals surface area contributed by atoms with Gasteiger partial charge in [0.1, 0.15) is 0 Å². The second kappa shape index (κ2) is 5.43. The molecular formula is C10H17N3O2S2. The highest BCUT2D eigenvalue weighted by Gasteiger charge is 2.21. The largest absolute Gasteiger partial charge is 0.296 e. The van der Waals surface area contributed by atoms with Crippen molar-refractivity contribution in [2.45, 2.75) is 13.0 Å². The monoisotopic (exact) mass is 275 g/mol. The molecule has 17 heavy (non-hydrogen) atoms. The Morgan fingerprint density at radius 1 is 1.35 bits per heavy atom. The highest BCUT2D eigenvalue weighted by atomic mass is 32.2. The fourth-order valence-electron chi connectivity index (χ4n) is 1.98. The Morgan fingerprint density at radius 3 is 2.82 bits per heavy atom. The highest BCUT2D eigenvalue weighted by Crippen LogP contribution is 2.10. The van der Waals surface area contributed by atoms with Gasteiger partial charge in [0.15, 0.2) is 0 Å². The Labute approximate surface area is 106 Å². The minimum Gasteiger partial charge on any atom is -0.296 e. The van der Waals surface area contributed by atoms with Crippen LogP contribution in [0.25, 0.3) is 0 Å². The standard InChI is InChI=1S/C10H17N3O2S2/c1-17(14,15)13-4-2-3-12(5-6-13)7-10-8-16-9-11-10/h8-9H,2-7H2,1H3. The normalized spacial score (nSPS) is 20.3. The molecule has 5 nitrogen and oxygen atoms in total. The first-order valence-corrected chi connectivity index (χ1v) is 8.39. The van der Waals surface area contributed by atoms with Gasteiger partial charge in [-0.05, 0) is 13.0 Å². The topological polar surface area (TPSA) is 53.5 Å². The lowest BCUT2D eigenvalue weighted by Crippen LogP contribution is -2.34. The summed E-state index contributed by atoms with van der Waals surface area (Å²) in [6.45, 7) is 3.75. The maximum atomic E-state index is 11.5. The Balaban J connectivity index is 1.92. The summed E-state index contributed by atoms with van der Waals surface area (Å²) in [5, 5.41) is 2.04. The van der Waals surface area contributed by atoms with E-state index in [4.69, 9.17) is 0 Å². The van der Waals surface area contributed by atoms with Crippen LogP contribution in [0.2, 0.25) is 0 Å². The van der Waals surface area contributed by atoms with Crippen LogP contribution in [-0.4, -0.2) is 55.0 Å². The number of nitrogens with zero attached hydrogens (tertiary/aromatic N) is 3. The molecule has 0 atom stereocenters. The zero-order valence-electron chi connectivity index (χ0n) is 9.87. The van der Waals surface area contributed by atoms with Crippen LogP contribution in [0.1, 0.15) is 12.1 Å². The summed E-state index contributed by atoms with van der Waals surface area (Å²) in [6.07, 6.45) is 2.17. The molecule has 1 aliphatic heterocycles. The number of rotatable bonds is 3. The smallest absolute Gasteiger partial charge is 0.211 e. The van der Waals surface area contributed by atoms with E-state index in [0.29, 0.717) is 13.1 Å². The molecule has 1 aromatic rings. The first-order chi connectivity index (χ1) is 8.05. The molecule has 0 amide bonds. The number of sulfonamides is 1. The zero-order valence-corrected chi connectivity index (χ0v) is 11.5. The van der Waals surface area contributed by atoms with Crippen LogP contribution < -0.4 is 0 Å². The predicted octanol–water partition coefficient (Wildman–Crippen LogP) is 0.610. The lowest BCUT2D eigenvalue weighted by atomic mass is 10.3. The van der Waals surface area contributed by atoms with Crippen LogP contribution in [0.15, 0.2) is 10.9 Å². The molecule has 1 aliphatic rings. The Morgan fingerprint density at radius 2 is 2.18 bits per heavy atom. The zero-order chi connectivity index (χ0) is 12.3. The molecule has 7 heteroatoms. The van der Waals surface area contributed by atoms with E-state index in [0.717, 1.165) is 31.7 Å². The third kappa shape index (κ3) is 3.74. The van der Waals surface area contributed by atoms with Crippen molar-refractivity contribution in [3.05, 3.63) is 16.6 Å². The molecule has 1 fully saturated rings. The third-order valence-corrected chi connectivity index (χ3v) is 4.82. The van der Waals surface area contributed by atoms with E-state index in [1.54, 1.807) is 15.6 Å². The molecular weight excluding hydrogens is 258 g/mol. The molecule has 0 saturated carbocycles. The van der Waals surface area contributed by atoms with Crippen molar-refractivity contribution in [1.82, 2.24) is 14.2 Å². The lowest BCUT2D eigenvalue weighted by Gasteiger charge is -2.19. The van der Waals surface area contributed by atoms with Crippen molar-refractivity contribution < 1.29 is 8.42 Å². The van der Waals surface area contributed by atoms with E-state index in [2.05, 4.69) is 9.88 Å². The summed E-state index contributed by atoms with van der Waals surface area (Å²) in [7, 11) is -3.04. The van der Waals surface area contributed by atoms with Crippen LogP contribution in [0.4, 0.5) is 0 Å². The Kier molecular flexibility index (Phi) is 4.13. The first-order valence-electron chi connectivity index (χ1n) is 5.60. The molecule has 2 heterocycles. The van der Waals surface area contributed by atoms with E-state index < -0.39 is 10.0 Å². The van der Waals surface area contributed by atoms with Gasteiger partial charge >= 0.3 is 0 Å². The molecule has 96 valence electrons. The summed E-state index contributed by atoms with van der Waals surface area (Å²) in [4.78, 5) is 6.52. The van der Waals surface area contributed by atoms with E-state index in [9.17, 15) is 8.42 Å². The van der Waals surface area contributed by atoms with Gasteiger partial charge in [-0.1, -0.05) is 0 Å². The number of hydrogen-bond donors (Lipinski definition) is 0. The molecule has 2 rings (SSSR count).